The Kier molecular flexibility index (Phi) is 5.08. The summed E-state index contributed by atoms with van der Waals surface area (Å²) in [6, 6.07) is 15.1. The van der Waals surface area contributed by atoms with E-state index in [0.29, 0.717) is 17.5 Å². The second kappa shape index (κ2) is 7.61. The second-order valence-corrected chi connectivity index (χ2v) is 5.79. The minimum Gasteiger partial charge on any atom is -0.504 e. The van der Waals surface area contributed by atoms with Gasteiger partial charge in [0.05, 0.1) is 18.5 Å². The molecule has 0 saturated heterocycles. The molecule has 3 aromatic rings. The number of phenolic OH excluding ortho intramolecular Hbond substituents is 1. The first kappa shape index (κ1) is 16.0. The van der Waals surface area contributed by atoms with Crippen molar-refractivity contribution in [1.29, 1.82) is 0 Å². The lowest BCUT2D eigenvalue weighted by Crippen LogP contribution is -1.94. The highest BCUT2D eigenvalue weighted by Crippen LogP contribution is 2.26. The number of phenols is 1. The van der Waals surface area contributed by atoms with E-state index in [9.17, 15) is 5.11 Å². The van der Waals surface area contributed by atoms with Gasteiger partial charge in [-0.25, -0.2) is 4.98 Å². The van der Waals surface area contributed by atoms with E-state index >= 15 is 0 Å². The first-order valence-corrected chi connectivity index (χ1v) is 8.40. The van der Waals surface area contributed by atoms with Gasteiger partial charge in [0.2, 0.25) is 5.13 Å². The quantitative estimate of drug-likeness (QED) is 0.517. The number of nitrogens with one attached hydrogen (secondary N) is 1. The molecule has 122 valence electrons. The Morgan fingerprint density at radius 3 is 2.88 bits per heavy atom. The number of aromatic nitrogens is 1. The number of thiazole rings is 1. The van der Waals surface area contributed by atoms with Crippen LogP contribution in [-0.4, -0.2) is 22.9 Å². The summed E-state index contributed by atoms with van der Waals surface area (Å²) in [6.45, 7) is 2.36. The third kappa shape index (κ3) is 3.91. The largest absolute Gasteiger partial charge is 0.504 e. The average molecular weight is 339 g/mol. The minimum absolute atomic E-state index is 0.120. The number of anilines is 1. The molecule has 0 atom stereocenters. The van der Waals surface area contributed by atoms with E-state index in [0.717, 1.165) is 16.8 Å². The Morgan fingerprint density at radius 2 is 2.08 bits per heavy atom. The zero-order chi connectivity index (χ0) is 16.8. The standard InChI is InChI=1S/C18H17N3O2S/c1-2-23-17-10-13(8-9-16(17)22)11-19-21-18-20-15(12-24-18)14-6-4-3-5-7-14/h3-12,22H,2H2,1H3,(H,20,21). The monoisotopic (exact) mass is 339 g/mol. The van der Waals surface area contributed by atoms with E-state index in [2.05, 4.69) is 15.5 Å². The molecule has 0 bridgehead atoms. The first-order chi connectivity index (χ1) is 11.8. The van der Waals surface area contributed by atoms with Crippen molar-refractivity contribution >= 4 is 22.7 Å². The number of hydrogen-bond donors (Lipinski definition) is 2. The molecule has 0 spiro atoms. The van der Waals surface area contributed by atoms with Crippen LogP contribution in [0.25, 0.3) is 11.3 Å². The molecule has 6 heteroatoms. The molecule has 3 rings (SSSR count). The molecule has 5 nitrogen and oxygen atoms in total. The Morgan fingerprint density at radius 1 is 1.25 bits per heavy atom. The molecular weight excluding hydrogens is 322 g/mol. The molecule has 0 unspecified atom stereocenters. The molecule has 2 N–H and O–H groups in total. The van der Waals surface area contributed by atoms with Crippen LogP contribution in [-0.2, 0) is 0 Å². The van der Waals surface area contributed by atoms with Crippen LogP contribution >= 0.6 is 11.3 Å². The van der Waals surface area contributed by atoms with Crippen molar-refractivity contribution in [2.24, 2.45) is 5.10 Å². The lowest BCUT2D eigenvalue weighted by atomic mass is 10.2. The number of rotatable bonds is 6. The predicted molar refractivity (Wildman–Crippen MR) is 98.0 cm³/mol. The molecule has 0 fully saturated rings. The lowest BCUT2D eigenvalue weighted by Gasteiger charge is -2.05. The number of hydrogen-bond acceptors (Lipinski definition) is 6. The van der Waals surface area contributed by atoms with Gasteiger partial charge in [0, 0.05) is 10.9 Å². The molecule has 0 aliphatic rings. The van der Waals surface area contributed by atoms with Crippen LogP contribution in [0, 0.1) is 0 Å². The van der Waals surface area contributed by atoms with Crippen LogP contribution in [0.5, 0.6) is 11.5 Å². The molecule has 24 heavy (non-hydrogen) atoms. The number of benzene rings is 2. The molecule has 0 saturated carbocycles. The van der Waals surface area contributed by atoms with Gasteiger partial charge in [-0.15, -0.1) is 11.3 Å². The molecule has 1 aromatic heterocycles. The SMILES string of the molecule is CCOc1cc(C=NNc2nc(-c3ccccc3)cs2)ccc1O. The third-order valence-corrected chi connectivity index (χ3v) is 3.98. The Hall–Kier alpha value is -2.86. The highest BCUT2D eigenvalue weighted by atomic mass is 32.1. The molecule has 0 radical (unpaired) electrons. The normalized spacial score (nSPS) is 10.9. The van der Waals surface area contributed by atoms with Gasteiger partial charge in [0.25, 0.3) is 0 Å². The second-order valence-electron chi connectivity index (χ2n) is 4.93. The highest BCUT2D eigenvalue weighted by molar-refractivity contribution is 7.14. The zero-order valence-electron chi connectivity index (χ0n) is 13.1. The summed E-state index contributed by atoms with van der Waals surface area (Å²) in [4.78, 5) is 4.50. The molecule has 2 aromatic carbocycles. The third-order valence-electron chi connectivity index (χ3n) is 3.23. The van der Waals surface area contributed by atoms with Crippen molar-refractivity contribution in [2.75, 3.05) is 12.0 Å². The van der Waals surface area contributed by atoms with Crippen molar-refractivity contribution in [3.63, 3.8) is 0 Å². The zero-order valence-corrected chi connectivity index (χ0v) is 14.0. The topological polar surface area (TPSA) is 66.7 Å². The summed E-state index contributed by atoms with van der Waals surface area (Å²) >= 11 is 1.49. The van der Waals surface area contributed by atoms with Gasteiger partial charge in [-0.05, 0) is 30.7 Å². The molecule has 0 aliphatic heterocycles. The maximum absolute atomic E-state index is 9.69. The fourth-order valence-electron chi connectivity index (χ4n) is 2.11. The van der Waals surface area contributed by atoms with Crippen LogP contribution in [0.15, 0.2) is 59.0 Å². The maximum Gasteiger partial charge on any atom is 0.203 e. The summed E-state index contributed by atoms with van der Waals surface area (Å²) < 4.78 is 5.35. The lowest BCUT2D eigenvalue weighted by molar-refractivity contribution is 0.318. The number of aromatic hydroxyl groups is 1. The predicted octanol–water partition coefficient (Wildman–Crippen LogP) is 4.36. The molecule has 0 aliphatic carbocycles. The summed E-state index contributed by atoms with van der Waals surface area (Å²) in [5.74, 6) is 0.566. The fourth-order valence-corrected chi connectivity index (χ4v) is 2.78. The molecule has 1 heterocycles. The van der Waals surface area contributed by atoms with Gasteiger partial charge in [0.1, 0.15) is 0 Å². The van der Waals surface area contributed by atoms with Crippen LogP contribution in [0.3, 0.4) is 0 Å². The maximum atomic E-state index is 9.69. The van der Waals surface area contributed by atoms with Crippen molar-refractivity contribution in [2.45, 2.75) is 6.92 Å². The Labute approximate surface area is 144 Å². The number of hydrazone groups is 1. The first-order valence-electron chi connectivity index (χ1n) is 7.52. The highest BCUT2D eigenvalue weighted by Gasteiger charge is 2.04. The average Bonchev–Trinajstić information content (AvgIpc) is 3.08. The number of nitrogens with zero attached hydrogens (tertiary/aromatic N) is 2. The van der Waals surface area contributed by atoms with E-state index in [-0.39, 0.29) is 5.75 Å². The van der Waals surface area contributed by atoms with Crippen molar-refractivity contribution in [3.8, 4) is 22.8 Å². The summed E-state index contributed by atoms with van der Waals surface area (Å²) in [5, 5.41) is 16.6. The van der Waals surface area contributed by atoms with E-state index in [1.54, 1.807) is 24.4 Å². The van der Waals surface area contributed by atoms with Crippen molar-refractivity contribution < 1.29 is 9.84 Å². The van der Waals surface area contributed by atoms with Crippen LogP contribution in [0.2, 0.25) is 0 Å². The molecule has 0 amide bonds. The Balaban J connectivity index is 1.67. The van der Waals surface area contributed by atoms with Gasteiger partial charge < -0.3 is 9.84 Å². The van der Waals surface area contributed by atoms with Gasteiger partial charge in [-0.1, -0.05) is 30.3 Å². The summed E-state index contributed by atoms with van der Waals surface area (Å²) in [6.07, 6.45) is 1.66. The minimum atomic E-state index is 0.120. The van der Waals surface area contributed by atoms with E-state index in [4.69, 9.17) is 4.74 Å². The smallest absolute Gasteiger partial charge is 0.203 e. The van der Waals surface area contributed by atoms with Gasteiger partial charge in [-0.2, -0.15) is 5.10 Å². The van der Waals surface area contributed by atoms with E-state index < -0.39 is 0 Å². The van der Waals surface area contributed by atoms with Crippen molar-refractivity contribution in [1.82, 2.24) is 4.98 Å². The van der Waals surface area contributed by atoms with Gasteiger partial charge in [-0.3, -0.25) is 5.43 Å². The van der Waals surface area contributed by atoms with Crippen LogP contribution in [0.4, 0.5) is 5.13 Å². The summed E-state index contributed by atoms with van der Waals surface area (Å²) in [5.41, 5.74) is 5.74. The molecular formula is C18H17N3O2S. The van der Waals surface area contributed by atoms with Gasteiger partial charge in [0.15, 0.2) is 11.5 Å². The van der Waals surface area contributed by atoms with Crippen LogP contribution in [0.1, 0.15) is 12.5 Å². The van der Waals surface area contributed by atoms with E-state index in [1.165, 1.54) is 11.3 Å². The van der Waals surface area contributed by atoms with Crippen LogP contribution < -0.4 is 10.2 Å². The van der Waals surface area contributed by atoms with Gasteiger partial charge >= 0.3 is 0 Å². The fraction of sp³-hybridized carbons (Fsp3) is 0.111. The number of ether oxygens (including phenoxy) is 1. The van der Waals surface area contributed by atoms with E-state index in [1.807, 2.05) is 42.6 Å². The summed E-state index contributed by atoms with van der Waals surface area (Å²) in [7, 11) is 0. The Bertz CT molecular complexity index is 831. The van der Waals surface area contributed by atoms with Crippen molar-refractivity contribution in [3.05, 3.63) is 59.5 Å².